The molecule has 0 spiro atoms. The zero-order chi connectivity index (χ0) is 25.5. The molecule has 1 aliphatic heterocycles. The van der Waals surface area contributed by atoms with Crippen LogP contribution in [0.4, 0.5) is 4.39 Å². The quantitative estimate of drug-likeness (QED) is 0.406. The van der Waals surface area contributed by atoms with Crippen LogP contribution in [-0.4, -0.2) is 43.2 Å². The third kappa shape index (κ3) is 4.50. The average Bonchev–Trinajstić information content (AvgIpc) is 3.59. The number of rotatable bonds is 5. The van der Waals surface area contributed by atoms with Gasteiger partial charge in [0.1, 0.15) is 11.9 Å². The molecule has 1 saturated carbocycles. The van der Waals surface area contributed by atoms with E-state index in [4.69, 9.17) is 0 Å². The van der Waals surface area contributed by atoms with Gasteiger partial charge < -0.3 is 4.98 Å². The molecule has 2 aromatic heterocycles. The molecule has 1 aliphatic carbocycles. The SMILES string of the molecule is Cc1cc2cc([C@@H](c3nnnn3C3CCCC3)N3CC=C(c4ccc(F)cc4)CC3)c(=O)[nH]c2cc1C. The van der Waals surface area contributed by atoms with Crippen molar-refractivity contribution in [3.8, 4) is 0 Å². The van der Waals surface area contributed by atoms with Gasteiger partial charge in [0.05, 0.1) is 6.04 Å². The number of benzene rings is 2. The van der Waals surface area contributed by atoms with Gasteiger partial charge >= 0.3 is 0 Å². The number of pyridine rings is 1. The van der Waals surface area contributed by atoms with Gasteiger partial charge in [-0.05, 0) is 102 Å². The van der Waals surface area contributed by atoms with E-state index >= 15 is 0 Å². The number of nitrogens with one attached hydrogen (secondary N) is 1. The molecule has 1 atom stereocenters. The van der Waals surface area contributed by atoms with Crippen molar-refractivity contribution in [3.05, 3.63) is 92.8 Å². The molecule has 0 amide bonds. The number of aromatic amines is 1. The van der Waals surface area contributed by atoms with Gasteiger partial charge in [0.2, 0.25) is 0 Å². The predicted octanol–water partition coefficient (Wildman–Crippen LogP) is 5.26. The second-order valence-corrected chi connectivity index (χ2v) is 10.4. The van der Waals surface area contributed by atoms with Crippen LogP contribution >= 0.6 is 0 Å². The van der Waals surface area contributed by atoms with Gasteiger partial charge in [-0.2, -0.15) is 0 Å². The average molecular weight is 499 g/mol. The summed E-state index contributed by atoms with van der Waals surface area (Å²) in [5.41, 5.74) is 5.92. The first kappa shape index (κ1) is 23.7. The van der Waals surface area contributed by atoms with Crippen LogP contribution in [-0.2, 0) is 0 Å². The molecule has 1 fully saturated rings. The van der Waals surface area contributed by atoms with Crippen LogP contribution in [0.2, 0.25) is 0 Å². The lowest BCUT2D eigenvalue weighted by molar-refractivity contribution is 0.229. The number of H-pyrrole nitrogens is 1. The number of halogens is 1. The highest BCUT2D eigenvalue weighted by Gasteiger charge is 2.34. The minimum atomic E-state index is -0.378. The Morgan fingerprint density at radius 1 is 1.05 bits per heavy atom. The van der Waals surface area contributed by atoms with Crippen molar-refractivity contribution >= 4 is 16.5 Å². The van der Waals surface area contributed by atoms with E-state index < -0.39 is 0 Å². The first-order chi connectivity index (χ1) is 18.0. The van der Waals surface area contributed by atoms with Crippen molar-refractivity contribution in [3.63, 3.8) is 0 Å². The Bertz CT molecular complexity index is 1530. The van der Waals surface area contributed by atoms with Crippen LogP contribution in [0, 0.1) is 19.7 Å². The van der Waals surface area contributed by atoms with Crippen LogP contribution in [0.1, 0.15) is 72.3 Å². The molecule has 0 saturated heterocycles. The lowest BCUT2D eigenvalue weighted by Crippen LogP contribution is -2.38. The Morgan fingerprint density at radius 3 is 2.54 bits per heavy atom. The van der Waals surface area contributed by atoms with Crippen molar-refractivity contribution < 1.29 is 4.39 Å². The van der Waals surface area contributed by atoms with Crippen molar-refractivity contribution in [2.45, 2.75) is 58.0 Å². The third-order valence-electron chi connectivity index (χ3n) is 8.04. The number of hydrogen-bond acceptors (Lipinski definition) is 5. The molecular weight excluding hydrogens is 467 g/mol. The lowest BCUT2D eigenvalue weighted by atomic mass is 9.96. The van der Waals surface area contributed by atoms with Crippen molar-refractivity contribution in [2.75, 3.05) is 13.1 Å². The monoisotopic (exact) mass is 498 g/mol. The van der Waals surface area contributed by atoms with E-state index in [0.29, 0.717) is 12.1 Å². The standard InChI is InChI=1S/C29H31FN6O/c1-18-15-22-17-25(29(37)31-26(22)16-19(18)2)27(28-32-33-34-36(28)24-5-3-4-6-24)35-13-11-21(12-14-35)20-7-9-23(30)10-8-20/h7-11,15-17,24,27H,3-6,12-14H2,1-2H3,(H,31,37)/t27-/m0/s1. The fraction of sp³-hybridized carbons (Fsp3) is 0.379. The molecule has 4 aromatic rings. The maximum atomic E-state index is 13.5. The Morgan fingerprint density at radius 2 is 1.81 bits per heavy atom. The highest BCUT2D eigenvalue weighted by atomic mass is 19.1. The molecule has 2 aromatic carbocycles. The highest BCUT2D eigenvalue weighted by molar-refractivity contribution is 5.81. The predicted molar refractivity (Wildman–Crippen MR) is 142 cm³/mol. The molecular formula is C29H31FN6O. The molecule has 7 nitrogen and oxygen atoms in total. The first-order valence-corrected chi connectivity index (χ1v) is 13.1. The summed E-state index contributed by atoms with van der Waals surface area (Å²) in [7, 11) is 0. The second-order valence-electron chi connectivity index (χ2n) is 10.4. The van der Waals surface area contributed by atoms with Gasteiger partial charge in [-0.15, -0.1) is 5.10 Å². The smallest absolute Gasteiger partial charge is 0.253 e. The normalized spacial score (nSPS) is 17.9. The maximum Gasteiger partial charge on any atom is 0.253 e. The lowest BCUT2D eigenvalue weighted by Gasteiger charge is -2.33. The van der Waals surface area contributed by atoms with Gasteiger partial charge in [0.15, 0.2) is 5.82 Å². The van der Waals surface area contributed by atoms with E-state index in [0.717, 1.165) is 66.5 Å². The summed E-state index contributed by atoms with van der Waals surface area (Å²) < 4.78 is 15.4. The Kier molecular flexibility index (Phi) is 6.20. The zero-order valence-electron chi connectivity index (χ0n) is 21.2. The fourth-order valence-electron chi connectivity index (χ4n) is 5.83. The van der Waals surface area contributed by atoms with E-state index in [-0.39, 0.29) is 23.5 Å². The summed E-state index contributed by atoms with van der Waals surface area (Å²) in [4.78, 5) is 19.0. The first-order valence-electron chi connectivity index (χ1n) is 13.1. The van der Waals surface area contributed by atoms with Gasteiger partial charge in [-0.25, -0.2) is 9.07 Å². The molecule has 0 radical (unpaired) electrons. The van der Waals surface area contributed by atoms with Gasteiger partial charge in [-0.3, -0.25) is 9.69 Å². The number of nitrogens with zero attached hydrogens (tertiary/aromatic N) is 5. The van der Waals surface area contributed by atoms with E-state index in [1.165, 1.54) is 23.3 Å². The van der Waals surface area contributed by atoms with Gasteiger partial charge in [0.25, 0.3) is 5.56 Å². The van der Waals surface area contributed by atoms with Crippen molar-refractivity contribution in [2.24, 2.45) is 0 Å². The van der Waals surface area contributed by atoms with E-state index in [1.807, 2.05) is 28.9 Å². The zero-order valence-corrected chi connectivity index (χ0v) is 21.2. The number of aromatic nitrogens is 5. The summed E-state index contributed by atoms with van der Waals surface area (Å²) in [5, 5.41) is 14.0. The summed E-state index contributed by atoms with van der Waals surface area (Å²) >= 11 is 0. The number of hydrogen-bond donors (Lipinski definition) is 1. The second kappa shape index (κ2) is 9.67. The Hall–Kier alpha value is -3.65. The Labute approximate surface area is 215 Å². The number of tetrazole rings is 1. The maximum absolute atomic E-state index is 13.5. The largest absolute Gasteiger partial charge is 0.322 e. The highest BCUT2D eigenvalue weighted by Crippen LogP contribution is 2.35. The van der Waals surface area contributed by atoms with Crippen LogP contribution in [0.3, 0.4) is 0 Å². The molecule has 0 bridgehead atoms. The molecule has 1 N–H and O–H groups in total. The van der Waals surface area contributed by atoms with E-state index in [9.17, 15) is 9.18 Å². The number of fused-ring (bicyclic) bond motifs is 1. The minimum Gasteiger partial charge on any atom is -0.322 e. The number of aryl methyl sites for hydroxylation is 2. The van der Waals surface area contributed by atoms with E-state index in [2.05, 4.69) is 51.4 Å². The molecule has 2 aliphatic rings. The van der Waals surface area contributed by atoms with Crippen molar-refractivity contribution in [1.29, 1.82) is 0 Å². The van der Waals surface area contributed by atoms with Gasteiger partial charge in [-0.1, -0.05) is 31.1 Å². The third-order valence-corrected chi connectivity index (χ3v) is 8.04. The van der Waals surface area contributed by atoms with Crippen molar-refractivity contribution in [1.82, 2.24) is 30.1 Å². The minimum absolute atomic E-state index is 0.116. The van der Waals surface area contributed by atoms with Crippen LogP contribution in [0.5, 0.6) is 0 Å². The summed E-state index contributed by atoms with van der Waals surface area (Å²) in [6.07, 6.45) is 7.39. The molecule has 3 heterocycles. The topological polar surface area (TPSA) is 79.7 Å². The molecule has 0 unspecified atom stereocenters. The van der Waals surface area contributed by atoms with E-state index in [1.54, 1.807) is 0 Å². The molecule has 37 heavy (non-hydrogen) atoms. The molecule has 6 rings (SSSR count). The van der Waals surface area contributed by atoms with Crippen LogP contribution < -0.4 is 5.56 Å². The summed E-state index contributed by atoms with van der Waals surface area (Å²) in [6.45, 7) is 5.51. The summed E-state index contributed by atoms with van der Waals surface area (Å²) in [6, 6.07) is 12.7. The molecule has 190 valence electrons. The molecule has 8 heteroatoms. The fourth-order valence-corrected chi connectivity index (χ4v) is 5.83. The van der Waals surface area contributed by atoms with Gasteiger partial charge in [0, 0.05) is 24.2 Å². The van der Waals surface area contributed by atoms with Crippen LogP contribution in [0.25, 0.3) is 16.5 Å². The summed E-state index contributed by atoms with van der Waals surface area (Å²) in [5.74, 6) is 0.487. The van der Waals surface area contributed by atoms with Crippen LogP contribution in [0.15, 0.2) is 53.3 Å². The Balaban J connectivity index is 1.43.